The number of hydrogen-bond donors (Lipinski definition) is 1. The quantitative estimate of drug-likeness (QED) is 0.571. The minimum Gasteiger partial charge on any atom is -0.350 e. The largest absolute Gasteiger partial charge is 0.350 e. The molecule has 0 saturated heterocycles. The summed E-state index contributed by atoms with van der Waals surface area (Å²) in [5.74, 6) is -0.308. The minimum atomic E-state index is -0.471. The second kappa shape index (κ2) is 6.76. The standard InChI is InChI=1S/C19H19N3O3/c1-13-7-8-16(12-18(13)22(24)25)19(23)20-9-10-21-14(2)11-15-5-3-4-6-17(15)21/h3-8,11-12H,9-10H2,1-2H3,(H,20,23). The number of para-hydroxylation sites is 1. The number of nitro groups is 1. The molecule has 3 rings (SSSR count). The van der Waals surface area contributed by atoms with Crippen molar-refractivity contribution in [3.63, 3.8) is 0 Å². The minimum absolute atomic E-state index is 0.0418. The molecule has 1 N–H and O–H groups in total. The van der Waals surface area contributed by atoms with E-state index >= 15 is 0 Å². The number of nitrogens with one attached hydrogen (secondary N) is 1. The highest BCUT2D eigenvalue weighted by atomic mass is 16.6. The van der Waals surface area contributed by atoms with E-state index in [1.807, 2.05) is 25.1 Å². The SMILES string of the molecule is Cc1ccc(C(=O)NCCn2c(C)cc3ccccc32)cc1[N+](=O)[O-]. The van der Waals surface area contributed by atoms with Gasteiger partial charge in [-0.1, -0.05) is 24.3 Å². The highest BCUT2D eigenvalue weighted by molar-refractivity contribution is 5.95. The van der Waals surface area contributed by atoms with E-state index in [0.29, 0.717) is 24.2 Å². The summed E-state index contributed by atoms with van der Waals surface area (Å²) in [6.07, 6.45) is 0. The number of fused-ring (bicyclic) bond motifs is 1. The molecular weight excluding hydrogens is 318 g/mol. The van der Waals surface area contributed by atoms with Gasteiger partial charge in [0.1, 0.15) is 0 Å². The van der Waals surface area contributed by atoms with E-state index in [9.17, 15) is 14.9 Å². The van der Waals surface area contributed by atoms with Crippen LogP contribution in [0.1, 0.15) is 21.6 Å². The van der Waals surface area contributed by atoms with Crippen LogP contribution < -0.4 is 5.32 Å². The molecule has 0 radical (unpaired) electrons. The van der Waals surface area contributed by atoms with Gasteiger partial charge in [0.25, 0.3) is 11.6 Å². The van der Waals surface area contributed by atoms with Crippen molar-refractivity contribution in [2.75, 3.05) is 6.54 Å². The normalized spacial score (nSPS) is 10.8. The smallest absolute Gasteiger partial charge is 0.273 e. The topological polar surface area (TPSA) is 77.2 Å². The first-order valence-corrected chi connectivity index (χ1v) is 8.05. The number of carbonyl (C=O) groups is 1. The summed E-state index contributed by atoms with van der Waals surface area (Å²) in [5, 5.41) is 15.0. The molecule has 0 bridgehead atoms. The number of hydrogen-bond acceptors (Lipinski definition) is 3. The van der Waals surface area contributed by atoms with Gasteiger partial charge < -0.3 is 9.88 Å². The fraction of sp³-hybridized carbons (Fsp3) is 0.211. The predicted octanol–water partition coefficient (Wildman–Crippen LogP) is 3.60. The molecule has 128 valence electrons. The van der Waals surface area contributed by atoms with Gasteiger partial charge in [0.15, 0.2) is 0 Å². The Morgan fingerprint density at radius 2 is 1.92 bits per heavy atom. The van der Waals surface area contributed by atoms with Gasteiger partial charge in [-0.3, -0.25) is 14.9 Å². The van der Waals surface area contributed by atoms with Crippen molar-refractivity contribution in [1.82, 2.24) is 9.88 Å². The lowest BCUT2D eigenvalue weighted by Gasteiger charge is -2.10. The summed E-state index contributed by atoms with van der Waals surface area (Å²) < 4.78 is 2.15. The summed E-state index contributed by atoms with van der Waals surface area (Å²) in [5.41, 5.74) is 3.05. The van der Waals surface area contributed by atoms with Crippen LogP contribution in [0.4, 0.5) is 5.69 Å². The third-order valence-electron chi connectivity index (χ3n) is 4.31. The number of nitrogens with zero attached hydrogens (tertiary/aromatic N) is 2. The number of aromatic nitrogens is 1. The van der Waals surface area contributed by atoms with Crippen molar-refractivity contribution in [2.24, 2.45) is 0 Å². The van der Waals surface area contributed by atoms with Crippen molar-refractivity contribution in [1.29, 1.82) is 0 Å². The fourth-order valence-electron chi connectivity index (χ4n) is 2.98. The molecule has 6 heteroatoms. The van der Waals surface area contributed by atoms with E-state index in [0.717, 1.165) is 11.2 Å². The number of benzene rings is 2. The Morgan fingerprint density at radius 3 is 2.68 bits per heavy atom. The Kier molecular flexibility index (Phi) is 4.52. The molecule has 0 spiro atoms. The maximum atomic E-state index is 12.3. The van der Waals surface area contributed by atoms with Gasteiger partial charge in [-0.05, 0) is 37.4 Å². The van der Waals surface area contributed by atoms with E-state index < -0.39 is 4.92 Å². The van der Waals surface area contributed by atoms with Crippen molar-refractivity contribution in [2.45, 2.75) is 20.4 Å². The van der Waals surface area contributed by atoms with Crippen LogP contribution in [0.15, 0.2) is 48.5 Å². The molecular formula is C19H19N3O3. The third-order valence-corrected chi connectivity index (χ3v) is 4.31. The zero-order valence-corrected chi connectivity index (χ0v) is 14.2. The Labute approximate surface area is 145 Å². The van der Waals surface area contributed by atoms with Crippen molar-refractivity contribution < 1.29 is 9.72 Å². The lowest BCUT2D eigenvalue weighted by molar-refractivity contribution is -0.385. The molecule has 0 atom stereocenters. The number of carbonyl (C=O) groups excluding carboxylic acids is 1. The first kappa shape index (κ1) is 16.7. The van der Waals surface area contributed by atoms with Crippen LogP contribution in [0.3, 0.4) is 0 Å². The molecule has 1 aromatic heterocycles. The molecule has 0 saturated carbocycles. The molecule has 1 heterocycles. The van der Waals surface area contributed by atoms with E-state index in [4.69, 9.17) is 0 Å². The average molecular weight is 337 g/mol. The van der Waals surface area contributed by atoms with Gasteiger partial charge >= 0.3 is 0 Å². The maximum Gasteiger partial charge on any atom is 0.273 e. The lowest BCUT2D eigenvalue weighted by Crippen LogP contribution is -2.27. The highest BCUT2D eigenvalue weighted by Gasteiger charge is 2.15. The molecule has 25 heavy (non-hydrogen) atoms. The molecule has 3 aromatic rings. The van der Waals surface area contributed by atoms with Crippen LogP contribution in [0.2, 0.25) is 0 Å². The molecule has 0 aliphatic carbocycles. The van der Waals surface area contributed by atoms with Gasteiger partial charge in [-0.25, -0.2) is 0 Å². The highest BCUT2D eigenvalue weighted by Crippen LogP contribution is 2.20. The molecule has 0 aliphatic heterocycles. The molecule has 0 aliphatic rings. The average Bonchev–Trinajstić information content (AvgIpc) is 2.90. The second-order valence-corrected chi connectivity index (χ2v) is 6.01. The summed E-state index contributed by atoms with van der Waals surface area (Å²) in [6.45, 7) is 4.77. The van der Waals surface area contributed by atoms with E-state index in [1.165, 1.54) is 11.5 Å². The van der Waals surface area contributed by atoms with Gasteiger partial charge in [-0.2, -0.15) is 0 Å². The van der Waals surface area contributed by atoms with Crippen LogP contribution in [-0.4, -0.2) is 21.9 Å². The summed E-state index contributed by atoms with van der Waals surface area (Å²) >= 11 is 0. The van der Waals surface area contributed by atoms with Gasteiger partial charge in [0.05, 0.1) is 4.92 Å². The lowest BCUT2D eigenvalue weighted by atomic mass is 10.1. The van der Waals surface area contributed by atoms with E-state index in [2.05, 4.69) is 22.0 Å². The zero-order chi connectivity index (χ0) is 18.0. The summed E-state index contributed by atoms with van der Waals surface area (Å²) in [7, 11) is 0. The number of amides is 1. The summed E-state index contributed by atoms with van der Waals surface area (Å²) in [6, 6.07) is 14.7. The fourth-order valence-corrected chi connectivity index (χ4v) is 2.98. The van der Waals surface area contributed by atoms with Crippen molar-refractivity contribution in [3.8, 4) is 0 Å². The second-order valence-electron chi connectivity index (χ2n) is 6.01. The Morgan fingerprint density at radius 1 is 1.16 bits per heavy atom. The van der Waals surface area contributed by atoms with Crippen LogP contribution >= 0.6 is 0 Å². The van der Waals surface area contributed by atoms with Gasteiger partial charge in [0.2, 0.25) is 0 Å². The Hall–Kier alpha value is -3.15. The van der Waals surface area contributed by atoms with Crippen LogP contribution in [0, 0.1) is 24.0 Å². The number of aryl methyl sites for hydroxylation is 2. The third kappa shape index (κ3) is 3.38. The van der Waals surface area contributed by atoms with Crippen LogP contribution in [0.25, 0.3) is 10.9 Å². The van der Waals surface area contributed by atoms with Gasteiger partial charge in [0, 0.05) is 41.5 Å². The number of nitro benzene ring substituents is 1. The van der Waals surface area contributed by atoms with Crippen LogP contribution in [-0.2, 0) is 6.54 Å². The molecule has 0 unspecified atom stereocenters. The Bertz CT molecular complexity index is 960. The van der Waals surface area contributed by atoms with E-state index in [-0.39, 0.29) is 11.6 Å². The maximum absolute atomic E-state index is 12.3. The zero-order valence-electron chi connectivity index (χ0n) is 14.2. The van der Waals surface area contributed by atoms with Crippen LogP contribution in [0.5, 0.6) is 0 Å². The Balaban J connectivity index is 1.69. The van der Waals surface area contributed by atoms with Crippen molar-refractivity contribution in [3.05, 3.63) is 75.5 Å². The first-order valence-electron chi connectivity index (χ1n) is 8.05. The molecule has 6 nitrogen and oxygen atoms in total. The van der Waals surface area contributed by atoms with E-state index in [1.54, 1.807) is 19.1 Å². The summed E-state index contributed by atoms with van der Waals surface area (Å²) in [4.78, 5) is 22.8. The van der Waals surface area contributed by atoms with Crippen molar-refractivity contribution >= 4 is 22.5 Å². The molecule has 1 amide bonds. The first-order chi connectivity index (χ1) is 12.0. The number of rotatable bonds is 5. The molecule has 0 fully saturated rings. The monoisotopic (exact) mass is 337 g/mol. The predicted molar refractivity (Wildman–Crippen MR) is 96.8 cm³/mol. The van der Waals surface area contributed by atoms with Gasteiger partial charge in [-0.15, -0.1) is 0 Å². The molecule has 2 aromatic carbocycles.